The number of benzene rings is 1. The molecule has 9 nitrogen and oxygen atoms in total. The van der Waals surface area contributed by atoms with Gasteiger partial charge in [-0.1, -0.05) is 19.3 Å². The van der Waals surface area contributed by atoms with Crippen LogP contribution in [0.4, 0.5) is 11.4 Å². The predicted octanol–water partition coefficient (Wildman–Crippen LogP) is 1.64. The van der Waals surface area contributed by atoms with E-state index < -0.39 is 38.4 Å². The monoisotopic (exact) mass is 308 g/mol. The third-order valence-corrected chi connectivity index (χ3v) is 3.65. The van der Waals surface area contributed by atoms with Crippen molar-refractivity contribution in [2.75, 3.05) is 0 Å². The fraction of sp³-hybridized carbons (Fsp3) is 0.462. The van der Waals surface area contributed by atoms with Crippen LogP contribution in [-0.4, -0.2) is 21.8 Å². The average Bonchev–Trinajstić information content (AvgIpc) is 2.47. The Bertz CT molecular complexity index is 624. The van der Waals surface area contributed by atoms with Gasteiger partial charge in [-0.25, -0.2) is 0 Å². The van der Waals surface area contributed by atoms with Gasteiger partial charge >= 0.3 is 0 Å². The number of nitrogens with one attached hydrogen (secondary N) is 1. The van der Waals surface area contributed by atoms with E-state index in [1.807, 2.05) is 0 Å². The predicted molar refractivity (Wildman–Crippen MR) is 73.5 cm³/mol. The van der Waals surface area contributed by atoms with Crippen molar-refractivity contribution >= 4 is 17.3 Å². The van der Waals surface area contributed by atoms with Crippen LogP contribution < -0.4 is 10.4 Å². The van der Waals surface area contributed by atoms with Gasteiger partial charge in [0.1, 0.15) is 0 Å². The van der Waals surface area contributed by atoms with Crippen LogP contribution in [0.15, 0.2) is 12.1 Å². The van der Waals surface area contributed by atoms with E-state index in [0.717, 1.165) is 38.2 Å². The number of rotatable bonds is 4. The molecule has 0 heterocycles. The number of nitrogens with zero attached hydrogens (tertiary/aromatic N) is 2. The summed E-state index contributed by atoms with van der Waals surface area (Å²) in [6.45, 7) is 0. The molecule has 0 radical (unpaired) electrons. The average molecular weight is 308 g/mol. The number of nitro groups is 2. The van der Waals surface area contributed by atoms with E-state index in [1.165, 1.54) is 0 Å². The van der Waals surface area contributed by atoms with Gasteiger partial charge in [0.2, 0.25) is 0 Å². The maximum absolute atomic E-state index is 12.1. The molecule has 1 aromatic carbocycles. The summed E-state index contributed by atoms with van der Waals surface area (Å²) in [4.78, 5) is 31.8. The van der Waals surface area contributed by atoms with Gasteiger partial charge < -0.3 is 10.4 Å². The molecule has 0 unspecified atom stereocenters. The summed E-state index contributed by atoms with van der Waals surface area (Å²) in [5.41, 5.74) is -2.19. The molecule has 22 heavy (non-hydrogen) atoms. The standard InChI is InChI=1S/C13H15N3O6/c17-12-10(13(18)14-8-4-2-1-3-5-8)6-9(15(19)20)7-11(12)16(21)22/h6-8,17H,1-5H2,(H,14,18)/p-1. The van der Waals surface area contributed by atoms with Crippen LogP contribution in [0.3, 0.4) is 0 Å². The Hall–Kier alpha value is -2.71. The van der Waals surface area contributed by atoms with Gasteiger partial charge in [0.15, 0.2) is 0 Å². The molecule has 1 aromatic rings. The molecule has 0 atom stereocenters. The summed E-state index contributed by atoms with van der Waals surface area (Å²) >= 11 is 0. The first kappa shape index (κ1) is 15.7. The van der Waals surface area contributed by atoms with Crippen molar-refractivity contribution < 1.29 is 19.7 Å². The Balaban J connectivity index is 2.33. The van der Waals surface area contributed by atoms with Gasteiger partial charge in [0, 0.05) is 17.7 Å². The smallest absolute Gasteiger partial charge is 0.277 e. The third-order valence-electron chi connectivity index (χ3n) is 3.65. The van der Waals surface area contributed by atoms with E-state index in [4.69, 9.17) is 0 Å². The van der Waals surface area contributed by atoms with E-state index in [1.54, 1.807) is 0 Å². The minimum Gasteiger partial charge on any atom is -0.867 e. The van der Waals surface area contributed by atoms with Crippen LogP contribution in [0, 0.1) is 20.2 Å². The highest BCUT2D eigenvalue weighted by Crippen LogP contribution is 2.32. The lowest BCUT2D eigenvalue weighted by Gasteiger charge is -2.23. The first-order valence-corrected chi connectivity index (χ1v) is 6.85. The molecule has 0 bridgehead atoms. The molecule has 1 fully saturated rings. The maximum atomic E-state index is 12.1. The van der Waals surface area contributed by atoms with Crippen LogP contribution in [0.1, 0.15) is 42.5 Å². The summed E-state index contributed by atoms with van der Waals surface area (Å²) in [5, 5.41) is 36.2. The fourth-order valence-corrected chi connectivity index (χ4v) is 2.52. The first-order chi connectivity index (χ1) is 10.4. The van der Waals surface area contributed by atoms with E-state index >= 15 is 0 Å². The lowest BCUT2D eigenvalue weighted by atomic mass is 9.95. The van der Waals surface area contributed by atoms with Crippen LogP contribution in [0.5, 0.6) is 5.75 Å². The fourth-order valence-electron chi connectivity index (χ4n) is 2.52. The molecule has 0 spiro atoms. The summed E-state index contributed by atoms with van der Waals surface area (Å²) in [7, 11) is 0. The lowest BCUT2D eigenvalue weighted by molar-refractivity contribution is -0.403. The lowest BCUT2D eigenvalue weighted by Crippen LogP contribution is -2.36. The Morgan fingerprint density at radius 2 is 1.73 bits per heavy atom. The Labute approximate surface area is 125 Å². The molecule has 1 saturated carbocycles. The number of carbonyl (C=O) groups is 1. The second kappa shape index (κ2) is 6.37. The van der Waals surface area contributed by atoms with E-state index in [9.17, 15) is 30.1 Å². The second-order valence-electron chi connectivity index (χ2n) is 5.16. The summed E-state index contributed by atoms with van der Waals surface area (Å²) in [6.07, 6.45) is 4.49. The highest BCUT2D eigenvalue weighted by atomic mass is 16.6. The van der Waals surface area contributed by atoms with Crippen molar-refractivity contribution in [1.82, 2.24) is 5.32 Å². The Kier molecular flexibility index (Phi) is 4.54. The summed E-state index contributed by atoms with van der Waals surface area (Å²) < 4.78 is 0. The van der Waals surface area contributed by atoms with E-state index in [0.29, 0.717) is 6.07 Å². The number of carbonyl (C=O) groups excluding carboxylic acids is 1. The zero-order valence-electron chi connectivity index (χ0n) is 11.6. The summed E-state index contributed by atoms with van der Waals surface area (Å²) in [5.74, 6) is -1.91. The Morgan fingerprint density at radius 1 is 1.09 bits per heavy atom. The number of hydrogen-bond donors (Lipinski definition) is 1. The number of amides is 1. The van der Waals surface area contributed by atoms with Crippen molar-refractivity contribution in [1.29, 1.82) is 0 Å². The zero-order chi connectivity index (χ0) is 16.3. The molecular weight excluding hydrogens is 294 g/mol. The third kappa shape index (κ3) is 3.30. The highest BCUT2D eigenvalue weighted by molar-refractivity contribution is 5.98. The van der Waals surface area contributed by atoms with Crippen molar-refractivity contribution in [3.8, 4) is 5.75 Å². The van der Waals surface area contributed by atoms with Crippen LogP contribution in [-0.2, 0) is 0 Å². The summed E-state index contributed by atoms with van der Waals surface area (Å²) in [6, 6.07) is 1.24. The largest absolute Gasteiger partial charge is 0.867 e. The van der Waals surface area contributed by atoms with Crippen molar-refractivity contribution in [3.63, 3.8) is 0 Å². The highest BCUT2D eigenvalue weighted by Gasteiger charge is 2.24. The first-order valence-electron chi connectivity index (χ1n) is 6.85. The number of hydrogen-bond acceptors (Lipinski definition) is 6. The number of nitro benzene ring substituents is 2. The SMILES string of the molecule is O=C(NC1CCCCC1)c1cc([N+](=O)[O-])cc([N+](=O)[O-])c1[O-]. The molecular formula is C13H14N3O6-. The molecule has 0 aromatic heterocycles. The van der Waals surface area contributed by atoms with E-state index in [-0.39, 0.29) is 6.04 Å². The molecule has 0 saturated heterocycles. The minimum atomic E-state index is -1.11. The molecule has 1 aliphatic rings. The van der Waals surface area contributed by atoms with Crippen LogP contribution in [0.25, 0.3) is 0 Å². The zero-order valence-corrected chi connectivity index (χ0v) is 11.6. The second-order valence-corrected chi connectivity index (χ2v) is 5.16. The normalized spacial score (nSPS) is 15.3. The minimum absolute atomic E-state index is 0.112. The van der Waals surface area contributed by atoms with Gasteiger partial charge in [-0.15, -0.1) is 0 Å². The molecule has 2 rings (SSSR count). The Morgan fingerprint density at radius 3 is 2.27 bits per heavy atom. The number of non-ortho nitro benzene ring substituents is 1. The quantitative estimate of drug-likeness (QED) is 0.662. The molecule has 1 aliphatic carbocycles. The van der Waals surface area contributed by atoms with Gasteiger partial charge in [0.25, 0.3) is 17.3 Å². The maximum Gasteiger partial charge on any atom is 0.277 e. The van der Waals surface area contributed by atoms with Gasteiger partial charge in [-0.3, -0.25) is 25.0 Å². The molecule has 1 N–H and O–H groups in total. The van der Waals surface area contributed by atoms with Gasteiger partial charge in [0.05, 0.1) is 15.9 Å². The molecule has 0 aliphatic heterocycles. The van der Waals surface area contributed by atoms with E-state index in [2.05, 4.69) is 5.32 Å². The van der Waals surface area contributed by atoms with Crippen LogP contribution in [0.2, 0.25) is 0 Å². The molecule has 9 heteroatoms. The topological polar surface area (TPSA) is 138 Å². The van der Waals surface area contributed by atoms with Crippen molar-refractivity contribution in [2.45, 2.75) is 38.1 Å². The molecule has 118 valence electrons. The molecule has 1 amide bonds. The van der Waals surface area contributed by atoms with Crippen molar-refractivity contribution in [3.05, 3.63) is 37.9 Å². The van der Waals surface area contributed by atoms with Gasteiger partial charge in [-0.2, -0.15) is 0 Å². The van der Waals surface area contributed by atoms with Crippen LogP contribution >= 0.6 is 0 Å². The van der Waals surface area contributed by atoms with Gasteiger partial charge in [-0.05, 0) is 18.6 Å². The van der Waals surface area contributed by atoms with Crippen molar-refractivity contribution in [2.24, 2.45) is 0 Å².